The summed E-state index contributed by atoms with van der Waals surface area (Å²) >= 11 is 1.85. The molecule has 3 nitrogen and oxygen atoms in total. The summed E-state index contributed by atoms with van der Waals surface area (Å²) in [6.07, 6.45) is 0. The summed E-state index contributed by atoms with van der Waals surface area (Å²) in [4.78, 5) is 4.63. The molecule has 0 fully saturated rings. The van der Waals surface area contributed by atoms with E-state index in [9.17, 15) is 0 Å². The Morgan fingerprint density at radius 2 is 0.845 bits per heavy atom. The average molecular weight is 761 g/mol. The van der Waals surface area contributed by atoms with Gasteiger partial charge in [-0.15, -0.1) is 11.3 Å². The first kappa shape index (κ1) is 33.9. The third-order valence-electron chi connectivity index (χ3n) is 11.0. The van der Waals surface area contributed by atoms with Gasteiger partial charge >= 0.3 is 0 Å². The maximum Gasteiger partial charge on any atom is 0.137 e. The first-order valence-electron chi connectivity index (χ1n) is 19.6. The van der Waals surface area contributed by atoms with Crippen molar-refractivity contribution < 1.29 is 4.42 Å². The largest absolute Gasteiger partial charge is 0.456 e. The smallest absolute Gasteiger partial charge is 0.137 e. The van der Waals surface area contributed by atoms with Crippen LogP contribution in [0.2, 0.25) is 0 Å². The number of para-hydroxylation sites is 2. The predicted octanol–water partition coefficient (Wildman–Crippen LogP) is 16.2. The molecule has 0 N–H and O–H groups in total. The van der Waals surface area contributed by atoms with Gasteiger partial charge in [0.05, 0.1) is 0 Å². The Balaban J connectivity index is 1.05. The van der Waals surface area contributed by atoms with Crippen LogP contribution in [0.3, 0.4) is 0 Å². The van der Waals surface area contributed by atoms with Gasteiger partial charge < -0.3 is 14.2 Å². The Kier molecular flexibility index (Phi) is 8.34. The highest BCUT2D eigenvalue weighted by molar-refractivity contribution is 7.25. The second-order valence-electron chi connectivity index (χ2n) is 14.5. The zero-order chi connectivity index (χ0) is 38.4. The molecule has 0 aliphatic carbocycles. The topological polar surface area (TPSA) is 19.6 Å². The van der Waals surface area contributed by atoms with E-state index >= 15 is 0 Å². The lowest BCUT2D eigenvalue weighted by molar-refractivity contribution is 0.669. The molecule has 11 rings (SSSR count). The number of fused-ring (bicyclic) bond motifs is 6. The molecule has 0 saturated heterocycles. The molecule has 274 valence electrons. The number of nitrogens with zero attached hydrogens (tertiary/aromatic N) is 2. The Morgan fingerprint density at radius 1 is 0.310 bits per heavy atom. The minimum Gasteiger partial charge on any atom is -0.456 e. The summed E-state index contributed by atoms with van der Waals surface area (Å²) < 4.78 is 9.27. The number of hydrogen-bond acceptors (Lipinski definition) is 4. The van der Waals surface area contributed by atoms with Crippen molar-refractivity contribution in [1.82, 2.24) is 0 Å². The van der Waals surface area contributed by atoms with Crippen LogP contribution in [0.15, 0.2) is 223 Å². The molecule has 11 aromatic rings. The Labute approximate surface area is 340 Å². The number of thiophene rings is 1. The number of hydrogen-bond donors (Lipinski definition) is 0. The Morgan fingerprint density at radius 3 is 1.62 bits per heavy atom. The van der Waals surface area contributed by atoms with Crippen LogP contribution >= 0.6 is 11.3 Å². The first-order chi connectivity index (χ1) is 28.7. The van der Waals surface area contributed by atoms with Crippen LogP contribution in [0.25, 0.3) is 64.4 Å². The van der Waals surface area contributed by atoms with Gasteiger partial charge in [-0.05, 0) is 113 Å². The average Bonchev–Trinajstić information content (AvgIpc) is 3.86. The summed E-state index contributed by atoms with van der Waals surface area (Å²) in [6, 6.07) is 77.9. The second kappa shape index (κ2) is 14.3. The molecule has 0 unspecified atom stereocenters. The standard InChI is InChI=1S/C54H36N2OS/c1-4-14-37(15-5-1)38-26-28-42(29-27-38)56(43-21-12-16-39(34-43)46-23-13-25-53-54(46)48-22-10-11-24-52(48)58-53)45-30-32-47-49-35-44(31-33-50(49)57-51(47)36-45)55(40-17-6-2-7-18-40)41-19-8-3-9-20-41/h1-36H. The highest BCUT2D eigenvalue weighted by Gasteiger charge is 2.19. The molecular formula is C54H36N2OS. The van der Waals surface area contributed by atoms with E-state index in [1.165, 1.54) is 42.4 Å². The maximum atomic E-state index is 6.67. The van der Waals surface area contributed by atoms with Crippen LogP contribution in [0.1, 0.15) is 0 Å². The fraction of sp³-hybridized carbons (Fsp3) is 0. The van der Waals surface area contributed by atoms with Crippen LogP contribution in [0.5, 0.6) is 0 Å². The van der Waals surface area contributed by atoms with Crippen LogP contribution in [0, 0.1) is 0 Å². The number of rotatable bonds is 8. The van der Waals surface area contributed by atoms with E-state index in [2.05, 4.69) is 228 Å². The van der Waals surface area contributed by atoms with Crippen molar-refractivity contribution in [2.24, 2.45) is 0 Å². The number of furan rings is 1. The van der Waals surface area contributed by atoms with Gasteiger partial charge in [-0.1, -0.05) is 121 Å². The molecular weight excluding hydrogens is 725 g/mol. The van der Waals surface area contributed by atoms with Crippen molar-refractivity contribution >= 4 is 87.6 Å². The summed E-state index contributed by atoms with van der Waals surface area (Å²) in [6.45, 7) is 0. The third-order valence-corrected chi connectivity index (χ3v) is 12.2. The van der Waals surface area contributed by atoms with Gasteiger partial charge in [0.15, 0.2) is 0 Å². The fourth-order valence-corrected chi connectivity index (χ4v) is 9.47. The van der Waals surface area contributed by atoms with Crippen molar-refractivity contribution in [3.63, 3.8) is 0 Å². The lowest BCUT2D eigenvalue weighted by Gasteiger charge is -2.26. The van der Waals surface area contributed by atoms with Gasteiger partial charge in [0, 0.05) is 71.1 Å². The van der Waals surface area contributed by atoms with Crippen LogP contribution in [0.4, 0.5) is 34.1 Å². The second-order valence-corrected chi connectivity index (χ2v) is 15.6. The minimum atomic E-state index is 0.840. The van der Waals surface area contributed by atoms with Crippen LogP contribution in [-0.4, -0.2) is 0 Å². The maximum absolute atomic E-state index is 6.67. The first-order valence-corrected chi connectivity index (χ1v) is 20.4. The van der Waals surface area contributed by atoms with Crippen LogP contribution in [-0.2, 0) is 0 Å². The summed E-state index contributed by atoms with van der Waals surface area (Å²) in [7, 11) is 0. The fourth-order valence-electron chi connectivity index (χ4n) is 8.34. The summed E-state index contributed by atoms with van der Waals surface area (Å²) in [5.41, 5.74) is 12.9. The highest BCUT2D eigenvalue weighted by atomic mass is 32.1. The van der Waals surface area contributed by atoms with Gasteiger partial charge in [-0.2, -0.15) is 0 Å². The van der Waals surface area contributed by atoms with E-state index in [0.29, 0.717) is 0 Å². The summed E-state index contributed by atoms with van der Waals surface area (Å²) in [5, 5.41) is 4.75. The van der Waals surface area contributed by atoms with Crippen molar-refractivity contribution in [1.29, 1.82) is 0 Å². The van der Waals surface area contributed by atoms with E-state index in [4.69, 9.17) is 4.42 Å². The van der Waals surface area contributed by atoms with E-state index in [1.54, 1.807) is 0 Å². The molecule has 0 radical (unpaired) electrons. The van der Waals surface area contributed by atoms with Gasteiger partial charge in [0.2, 0.25) is 0 Å². The van der Waals surface area contributed by atoms with E-state index in [0.717, 1.165) is 56.1 Å². The van der Waals surface area contributed by atoms with Crippen molar-refractivity contribution in [2.45, 2.75) is 0 Å². The SMILES string of the molecule is c1ccc(-c2ccc(N(c3cccc(-c4cccc5sc6ccccc6c45)c3)c3ccc4c(c3)oc3ccc(N(c5ccccc5)c5ccccc5)cc34)cc2)cc1. The summed E-state index contributed by atoms with van der Waals surface area (Å²) in [5.74, 6) is 0. The normalized spacial score (nSPS) is 11.4. The zero-order valence-corrected chi connectivity index (χ0v) is 32.3. The molecule has 58 heavy (non-hydrogen) atoms. The van der Waals surface area contributed by atoms with Gasteiger partial charge in [0.1, 0.15) is 11.2 Å². The number of anilines is 6. The van der Waals surface area contributed by atoms with Crippen molar-refractivity contribution in [3.8, 4) is 22.3 Å². The molecule has 0 saturated carbocycles. The lowest BCUT2D eigenvalue weighted by Crippen LogP contribution is -2.10. The van der Waals surface area contributed by atoms with E-state index < -0.39 is 0 Å². The number of benzene rings is 9. The molecule has 0 spiro atoms. The van der Waals surface area contributed by atoms with Gasteiger partial charge in [-0.25, -0.2) is 0 Å². The molecule has 0 aliphatic rings. The zero-order valence-electron chi connectivity index (χ0n) is 31.5. The molecule has 2 aromatic heterocycles. The predicted molar refractivity (Wildman–Crippen MR) is 247 cm³/mol. The molecule has 0 aliphatic heterocycles. The molecule has 0 bridgehead atoms. The highest BCUT2D eigenvalue weighted by Crippen LogP contribution is 2.44. The van der Waals surface area contributed by atoms with E-state index in [-0.39, 0.29) is 0 Å². The van der Waals surface area contributed by atoms with Crippen molar-refractivity contribution in [3.05, 3.63) is 218 Å². The minimum absolute atomic E-state index is 0.840. The van der Waals surface area contributed by atoms with Gasteiger partial charge in [0.25, 0.3) is 0 Å². The molecule has 9 aromatic carbocycles. The van der Waals surface area contributed by atoms with E-state index in [1.807, 2.05) is 11.3 Å². The molecule has 0 amide bonds. The molecule has 2 heterocycles. The van der Waals surface area contributed by atoms with Crippen molar-refractivity contribution in [2.75, 3.05) is 9.80 Å². The Hall–Kier alpha value is -7.40. The third kappa shape index (κ3) is 5.99. The molecule has 0 atom stereocenters. The quantitative estimate of drug-likeness (QED) is 0.154. The lowest BCUT2D eigenvalue weighted by atomic mass is 9.98. The Bertz CT molecular complexity index is 3190. The monoisotopic (exact) mass is 760 g/mol. The van der Waals surface area contributed by atoms with Crippen LogP contribution < -0.4 is 9.80 Å². The molecule has 4 heteroatoms. The van der Waals surface area contributed by atoms with Gasteiger partial charge in [-0.3, -0.25) is 0 Å².